The molecule has 0 unspecified atom stereocenters. The van der Waals surface area contributed by atoms with Crippen molar-refractivity contribution in [2.45, 2.75) is 50.5 Å². The van der Waals surface area contributed by atoms with Crippen LogP contribution in [0, 0.1) is 5.82 Å². The third-order valence-electron chi connectivity index (χ3n) is 8.82. The highest BCUT2D eigenvalue weighted by molar-refractivity contribution is 5.91. The Bertz CT molecular complexity index is 2170. The van der Waals surface area contributed by atoms with E-state index < -0.39 is 78.4 Å². The van der Waals surface area contributed by atoms with Crippen LogP contribution in [0.1, 0.15) is 50.5 Å². The molecular formula is C43H36F3NO9. The van der Waals surface area contributed by atoms with Gasteiger partial charge in [0.1, 0.15) is 11.6 Å². The molecule has 56 heavy (non-hydrogen) atoms. The number of rotatable bonds is 12. The standard InChI is InChI=1S/C43H36F3NO9/c1-26-36(54-39(49)28-13-6-3-7-14-28)37(55-40(50)29-15-8-4-9-16-29)38(56-41(51)30-17-10-5-11-18-30)42(52-26)53-33-21-22-35(43(45,46)25-47-27(2)48)34(24-33)31-19-12-20-32(44)23-31/h3-24,26,36-38,42H,25H2,1-2H3,(H,47,48)/t26-,36-,37+,38+,42-/m0/s1. The molecule has 288 valence electrons. The second kappa shape index (κ2) is 17.3. The van der Waals surface area contributed by atoms with Gasteiger partial charge in [-0.1, -0.05) is 66.7 Å². The van der Waals surface area contributed by atoms with Crippen molar-refractivity contribution in [3.63, 3.8) is 0 Å². The average Bonchev–Trinajstić information content (AvgIpc) is 3.20. The Kier molecular flexibility index (Phi) is 12.1. The maximum Gasteiger partial charge on any atom is 0.338 e. The normalized spacial score (nSPS) is 19.3. The summed E-state index contributed by atoms with van der Waals surface area (Å²) in [6.45, 7) is 1.59. The van der Waals surface area contributed by atoms with Gasteiger partial charge in [0, 0.05) is 12.5 Å². The highest BCUT2D eigenvalue weighted by atomic mass is 19.3. The number of alkyl halides is 2. The molecule has 1 aliphatic heterocycles. The van der Waals surface area contributed by atoms with Crippen molar-refractivity contribution in [1.29, 1.82) is 0 Å². The smallest absolute Gasteiger partial charge is 0.338 e. The quantitative estimate of drug-likeness (QED) is 0.101. The van der Waals surface area contributed by atoms with Crippen LogP contribution in [-0.2, 0) is 29.7 Å². The van der Waals surface area contributed by atoms with E-state index in [-0.39, 0.29) is 33.6 Å². The molecule has 1 heterocycles. The summed E-state index contributed by atoms with van der Waals surface area (Å²) in [4.78, 5) is 52.2. The van der Waals surface area contributed by atoms with Gasteiger partial charge in [0.25, 0.3) is 5.92 Å². The number of ether oxygens (including phenoxy) is 5. The van der Waals surface area contributed by atoms with Gasteiger partial charge < -0.3 is 29.0 Å². The lowest BCUT2D eigenvalue weighted by Crippen LogP contribution is -2.62. The minimum atomic E-state index is -3.61. The van der Waals surface area contributed by atoms with Crippen LogP contribution in [0.3, 0.4) is 0 Å². The van der Waals surface area contributed by atoms with Crippen LogP contribution in [0.15, 0.2) is 133 Å². The predicted molar refractivity (Wildman–Crippen MR) is 196 cm³/mol. The first-order chi connectivity index (χ1) is 26.9. The average molecular weight is 768 g/mol. The third-order valence-corrected chi connectivity index (χ3v) is 8.82. The number of hydrogen-bond acceptors (Lipinski definition) is 9. The Morgan fingerprint density at radius 1 is 0.661 bits per heavy atom. The van der Waals surface area contributed by atoms with E-state index in [9.17, 15) is 23.6 Å². The second-order valence-electron chi connectivity index (χ2n) is 12.9. The number of esters is 3. The fourth-order valence-electron chi connectivity index (χ4n) is 6.06. The summed E-state index contributed by atoms with van der Waals surface area (Å²) in [6, 6.07) is 32.4. The fraction of sp³-hybridized carbons (Fsp3) is 0.209. The molecule has 10 nitrogen and oxygen atoms in total. The van der Waals surface area contributed by atoms with Crippen LogP contribution < -0.4 is 10.1 Å². The second-order valence-corrected chi connectivity index (χ2v) is 12.9. The number of nitrogens with one attached hydrogen (secondary N) is 1. The molecular weight excluding hydrogens is 731 g/mol. The molecule has 0 spiro atoms. The third kappa shape index (κ3) is 9.42. The van der Waals surface area contributed by atoms with E-state index in [1.54, 1.807) is 54.6 Å². The summed E-state index contributed by atoms with van der Waals surface area (Å²) in [6.07, 6.45) is -7.19. The fourth-order valence-corrected chi connectivity index (χ4v) is 6.06. The highest BCUT2D eigenvalue weighted by Crippen LogP contribution is 2.39. The van der Waals surface area contributed by atoms with Crippen LogP contribution >= 0.6 is 0 Å². The number of carbonyl (C=O) groups excluding carboxylic acids is 4. The molecule has 0 aliphatic carbocycles. The van der Waals surface area contributed by atoms with Crippen molar-refractivity contribution < 1.29 is 56.0 Å². The zero-order chi connectivity index (χ0) is 39.8. The van der Waals surface area contributed by atoms with Crippen LogP contribution in [0.5, 0.6) is 5.75 Å². The summed E-state index contributed by atoms with van der Waals surface area (Å²) in [5.41, 5.74) is -0.168. The number of halogens is 3. The van der Waals surface area contributed by atoms with Gasteiger partial charge in [0.05, 0.1) is 29.3 Å². The van der Waals surface area contributed by atoms with Gasteiger partial charge in [-0.15, -0.1) is 0 Å². The molecule has 0 aromatic heterocycles. The Morgan fingerprint density at radius 2 is 1.18 bits per heavy atom. The van der Waals surface area contributed by atoms with Gasteiger partial charge in [-0.3, -0.25) is 4.79 Å². The van der Waals surface area contributed by atoms with Gasteiger partial charge >= 0.3 is 17.9 Å². The Balaban J connectivity index is 1.42. The van der Waals surface area contributed by atoms with Crippen molar-refractivity contribution in [2.24, 2.45) is 0 Å². The Labute approximate surface area is 320 Å². The van der Waals surface area contributed by atoms with E-state index >= 15 is 8.78 Å². The molecule has 5 aromatic carbocycles. The molecule has 1 saturated heterocycles. The summed E-state index contributed by atoms with van der Waals surface area (Å²) >= 11 is 0. The molecule has 5 aromatic rings. The molecule has 0 saturated carbocycles. The SMILES string of the molecule is CC(=O)NCC(F)(F)c1ccc(O[C@@H]2O[C@@H](C)[C@H](OC(=O)c3ccccc3)[C@@H](OC(=O)c3ccccc3)[C@H]2OC(=O)c2ccccc2)cc1-c1cccc(F)c1. The van der Waals surface area contributed by atoms with Gasteiger partial charge in [0.2, 0.25) is 18.3 Å². The first-order valence-electron chi connectivity index (χ1n) is 17.5. The lowest BCUT2D eigenvalue weighted by atomic mass is 9.94. The molecule has 1 N–H and O–H groups in total. The molecule has 0 radical (unpaired) electrons. The van der Waals surface area contributed by atoms with E-state index in [4.69, 9.17) is 23.7 Å². The minimum absolute atomic E-state index is 0.0699. The lowest BCUT2D eigenvalue weighted by molar-refractivity contribution is -0.266. The molecule has 13 heteroatoms. The van der Waals surface area contributed by atoms with Gasteiger partial charge in [-0.05, 0) is 84.8 Å². The molecule has 1 amide bonds. The van der Waals surface area contributed by atoms with Crippen LogP contribution in [-0.4, -0.2) is 61.1 Å². The van der Waals surface area contributed by atoms with Crippen LogP contribution in [0.25, 0.3) is 11.1 Å². The summed E-state index contributed by atoms with van der Waals surface area (Å²) in [5.74, 6) is -7.56. The maximum atomic E-state index is 15.6. The van der Waals surface area contributed by atoms with Crippen molar-refractivity contribution in [2.75, 3.05) is 6.54 Å². The number of hydrogen-bond donors (Lipinski definition) is 1. The predicted octanol–water partition coefficient (Wildman–Crippen LogP) is 7.52. The van der Waals surface area contributed by atoms with Crippen molar-refractivity contribution in [1.82, 2.24) is 5.32 Å². The van der Waals surface area contributed by atoms with Gasteiger partial charge in [0.15, 0.2) is 12.2 Å². The monoisotopic (exact) mass is 767 g/mol. The highest BCUT2D eigenvalue weighted by Gasteiger charge is 2.52. The Hall–Kier alpha value is -6.47. The van der Waals surface area contributed by atoms with Crippen molar-refractivity contribution in [3.05, 3.63) is 162 Å². The van der Waals surface area contributed by atoms with Gasteiger partial charge in [-0.2, -0.15) is 8.78 Å². The summed E-state index contributed by atoms with van der Waals surface area (Å²) in [5, 5.41) is 2.12. The van der Waals surface area contributed by atoms with E-state index in [0.29, 0.717) is 0 Å². The molecule has 1 aliphatic rings. The number of benzene rings is 5. The molecule has 6 rings (SSSR count). The summed E-state index contributed by atoms with van der Waals surface area (Å²) < 4.78 is 76.0. The van der Waals surface area contributed by atoms with Crippen molar-refractivity contribution >= 4 is 23.8 Å². The zero-order valence-corrected chi connectivity index (χ0v) is 30.1. The lowest BCUT2D eigenvalue weighted by Gasteiger charge is -2.43. The molecule has 5 atom stereocenters. The van der Waals surface area contributed by atoms with E-state index in [1.807, 2.05) is 0 Å². The van der Waals surface area contributed by atoms with Crippen LogP contribution in [0.2, 0.25) is 0 Å². The van der Waals surface area contributed by atoms with Gasteiger partial charge in [-0.25, -0.2) is 18.8 Å². The molecule has 1 fully saturated rings. The first kappa shape index (κ1) is 39.2. The maximum absolute atomic E-state index is 15.6. The first-order valence-corrected chi connectivity index (χ1v) is 17.5. The molecule has 0 bridgehead atoms. The van der Waals surface area contributed by atoms with E-state index in [1.165, 1.54) is 67.6 Å². The largest absolute Gasteiger partial charge is 0.461 e. The number of carbonyl (C=O) groups is 4. The minimum Gasteiger partial charge on any atom is -0.461 e. The van der Waals surface area contributed by atoms with Crippen molar-refractivity contribution in [3.8, 4) is 16.9 Å². The van der Waals surface area contributed by atoms with E-state index in [2.05, 4.69) is 5.32 Å². The summed E-state index contributed by atoms with van der Waals surface area (Å²) in [7, 11) is 0. The zero-order valence-electron chi connectivity index (χ0n) is 30.1. The topological polar surface area (TPSA) is 126 Å². The van der Waals surface area contributed by atoms with E-state index in [0.717, 1.165) is 25.1 Å². The Morgan fingerprint density at radius 3 is 1.70 bits per heavy atom. The van der Waals surface area contributed by atoms with Crippen LogP contribution in [0.4, 0.5) is 13.2 Å². The number of amides is 1.